The highest BCUT2D eigenvalue weighted by molar-refractivity contribution is 6.33. The minimum Gasteiger partial charge on any atom is -0.371 e. The molecule has 0 radical (unpaired) electrons. The van der Waals surface area contributed by atoms with E-state index in [0.717, 1.165) is 74.6 Å². The van der Waals surface area contributed by atoms with E-state index in [1.165, 1.54) is 0 Å². The molecule has 2 aliphatic heterocycles. The largest absolute Gasteiger partial charge is 0.371 e. The number of rotatable bonds is 3. The van der Waals surface area contributed by atoms with E-state index in [-0.39, 0.29) is 5.92 Å². The topological polar surface area (TPSA) is 48.5 Å². The van der Waals surface area contributed by atoms with E-state index in [2.05, 4.69) is 33.4 Å². The van der Waals surface area contributed by atoms with Crippen molar-refractivity contribution in [2.45, 2.75) is 19.8 Å². The lowest BCUT2D eigenvalue weighted by molar-refractivity contribution is -0.136. The fourth-order valence-electron chi connectivity index (χ4n) is 4.06. The molecule has 0 atom stereocenters. The Morgan fingerprint density at radius 1 is 1.11 bits per heavy atom. The minimum atomic E-state index is 0.153. The highest BCUT2D eigenvalue weighted by atomic mass is 35.5. The molecular formula is C22H27ClN4O. The first-order valence-electron chi connectivity index (χ1n) is 10.1. The van der Waals surface area contributed by atoms with E-state index in [9.17, 15) is 4.79 Å². The van der Waals surface area contributed by atoms with E-state index in [1.54, 1.807) is 0 Å². The smallest absolute Gasteiger partial charge is 0.225 e. The summed E-state index contributed by atoms with van der Waals surface area (Å²) in [5, 5.41) is 4.02. The Morgan fingerprint density at radius 2 is 1.86 bits per heavy atom. The van der Waals surface area contributed by atoms with Crippen molar-refractivity contribution in [3.8, 4) is 11.3 Å². The molecule has 3 heterocycles. The average Bonchev–Trinajstić information content (AvgIpc) is 2.75. The predicted molar refractivity (Wildman–Crippen MR) is 114 cm³/mol. The summed E-state index contributed by atoms with van der Waals surface area (Å²) in [5.41, 5.74) is 4.13. The molecule has 28 heavy (non-hydrogen) atoms. The van der Waals surface area contributed by atoms with Crippen molar-refractivity contribution in [2.24, 2.45) is 5.92 Å². The van der Waals surface area contributed by atoms with E-state index in [4.69, 9.17) is 11.6 Å². The first-order chi connectivity index (χ1) is 13.6. The van der Waals surface area contributed by atoms with Gasteiger partial charge in [0.25, 0.3) is 0 Å². The number of amides is 1. The van der Waals surface area contributed by atoms with Crippen LogP contribution in [0.5, 0.6) is 0 Å². The number of carbonyl (C=O) groups excluding carboxylic acids is 1. The fourth-order valence-corrected chi connectivity index (χ4v) is 4.28. The standard InChI is InChI=1S/C22H27ClN4O/c1-16-2-5-21(25-15-16)19-14-18(3-4-20(19)23)26-10-6-17(7-11-26)22(28)27-12-8-24-9-13-27/h2-5,14-15,17,24H,6-13H2,1H3. The third-order valence-corrected chi connectivity index (χ3v) is 6.10. The van der Waals surface area contributed by atoms with Gasteiger partial charge in [0.05, 0.1) is 10.7 Å². The quantitative estimate of drug-likeness (QED) is 0.861. The predicted octanol–water partition coefficient (Wildman–Crippen LogP) is 3.36. The number of pyridine rings is 1. The maximum absolute atomic E-state index is 12.8. The molecule has 4 rings (SSSR count). The van der Waals surface area contributed by atoms with E-state index < -0.39 is 0 Å². The Labute approximate surface area is 171 Å². The van der Waals surface area contributed by atoms with E-state index in [0.29, 0.717) is 10.9 Å². The lowest BCUT2D eigenvalue weighted by Gasteiger charge is -2.36. The molecule has 1 aromatic carbocycles. The third kappa shape index (κ3) is 4.15. The molecule has 5 nitrogen and oxygen atoms in total. The van der Waals surface area contributed by atoms with Gasteiger partial charge in [-0.15, -0.1) is 0 Å². The molecule has 2 aromatic rings. The summed E-state index contributed by atoms with van der Waals surface area (Å²) in [6.07, 6.45) is 3.68. The Kier molecular flexibility index (Phi) is 5.83. The van der Waals surface area contributed by atoms with Gasteiger partial charge in [-0.05, 0) is 49.6 Å². The Balaban J connectivity index is 1.44. The van der Waals surface area contributed by atoms with Crippen LogP contribution in [0.1, 0.15) is 18.4 Å². The van der Waals surface area contributed by atoms with Crippen LogP contribution in [0.25, 0.3) is 11.3 Å². The summed E-state index contributed by atoms with van der Waals surface area (Å²) in [6.45, 7) is 7.30. The number of carbonyl (C=O) groups is 1. The van der Waals surface area contributed by atoms with Crippen molar-refractivity contribution in [1.82, 2.24) is 15.2 Å². The summed E-state index contributed by atoms with van der Waals surface area (Å²) >= 11 is 6.45. The number of nitrogens with zero attached hydrogens (tertiary/aromatic N) is 3. The molecule has 2 saturated heterocycles. The SMILES string of the molecule is Cc1ccc(-c2cc(N3CCC(C(=O)N4CCNCC4)CC3)ccc2Cl)nc1. The molecule has 0 saturated carbocycles. The number of hydrogen-bond acceptors (Lipinski definition) is 4. The summed E-state index contributed by atoms with van der Waals surface area (Å²) in [6, 6.07) is 10.2. The Morgan fingerprint density at radius 3 is 2.54 bits per heavy atom. The van der Waals surface area contributed by atoms with Gasteiger partial charge in [0.15, 0.2) is 0 Å². The summed E-state index contributed by atoms with van der Waals surface area (Å²) < 4.78 is 0. The Bertz CT molecular complexity index is 825. The van der Waals surface area contributed by atoms with Crippen LogP contribution in [0.15, 0.2) is 36.5 Å². The van der Waals surface area contributed by atoms with Gasteiger partial charge in [-0.1, -0.05) is 17.7 Å². The first-order valence-corrected chi connectivity index (χ1v) is 10.5. The summed E-state index contributed by atoms with van der Waals surface area (Å²) in [5.74, 6) is 0.488. The lowest BCUT2D eigenvalue weighted by atomic mass is 9.94. The van der Waals surface area contributed by atoms with Crippen LogP contribution in [-0.2, 0) is 4.79 Å². The summed E-state index contributed by atoms with van der Waals surface area (Å²) in [4.78, 5) is 21.7. The molecule has 0 spiro atoms. The van der Waals surface area contributed by atoms with Crippen LogP contribution >= 0.6 is 11.6 Å². The molecule has 1 amide bonds. The lowest BCUT2D eigenvalue weighted by Crippen LogP contribution is -2.50. The number of nitrogens with one attached hydrogen (secondary N) is 1. The van der Waals surface area contributed by atoms with Crippen LogP contribution in [-0.4, -0.2) is 55.1 Å². The minimum absolute atomic E-state index is 0.153. The number of hydrogen-bond donors (Lipinski definition) is 1. The number of piperidine rings is 1. The number of piperazine rings is 1. The van der Waals surface area contributed by atoms with Crippen molar-refractivity contribution in [3.05, 3.63) is 47.1 Å². The zero-order valence-corrected chi connectivity index (χ0v) is 17.1. The number of halogens is 1. The maximum Gasteiger partial charge on any atom is 0.225 e. The van der Waals surface area contributed by atoms with Gasteiger partial charge in [0, 0.05) is 62.6 Å². The fraction of sp³-hybridized carbons (Fsp3) is 0.455. The van der Waals surface area contributed by atoms with Crippen LogP contribution in [0, 0.1) is 12.8 Å². The monoisotopic (exact) mass is 398 g/mol. The molecular weight excluding hydrogens is 372 g/mol. The molecule has 1 N–H and O–H groups in total. The van der Waals surface area contributed by atoms with E-state index in [1.807, 2.05) is 30.2 Å². The van der Waals surface area contributed by atoms with E-state index >= 15 is 0 Å². The summed E-state index contributed by atoms with van der Waals surface area (Å²) in [7, 11) is 0. The molecule has 6 heteroatoms. The number of anilines is 1. The molecule has 2 aliphatic rings. The molecule has 0 aliphatic carbocycles. The van der Waals surface area contributed by atoms with Gasteiger partial charge in [-0.25, -0.2) is 0 Å². The number of aryl methyl sites for hydroxylation is 1. The van der Waals surface area contributed by atoms with Gasteiger partial charge >= 0.3 is 0 Å². The van der Waals surface area contributed by atoms with Crippen LogP contribution in [0.2, 0.25) is 5.02 Å². The van der Waals surface area contributed by atoms with Crippen molar-refractivity contribution < 1.29 is 4.79 Å². The molecule has 2 fully saturated rings. The van der Waals surface area contributed by atoms with Gasteiger partial charge in [-0.3, -0.25) is 9.78 Å². The van der Waals surface area contributed by atoms with Crippen molar-refractivity contribution in [1.29, 1.82) is 0 Å². The highest BCUT2D eigenvalue weighted by Gasteiger charge is 2.29. The van der Waals surface area contributed by atoms with Crippen LogP contribution in [0.3, 0.4) is 0 Å². The van der Waals surface area contributed by atoms with Gasteiger partial charge in [-0.2, -0.15) is 0 Å². The second-order valence-corrected chi connectivity index (χ2v) is 8.13. The zero-order chi connectivity index (χ0) is 19.5. The highest BCUT2D eigenvalue weighted by Crippen LogP contribution is 2.33. The van der Waals surface area contributed by atoms with Gasteiger partial charge < -0.3 is 15.1 Å². The second kappa shape index (κ2) is 8.50. The van der Waals surface area contributed by atoms with Crippen LogP contribution < -0.4 is 10.2 Å². The molecule has 148 valence electrons. The van der Waals surface area contributed by atoms with Gasteiger partial charge in [0.2, 0.25) is 5.91 Å². The first kappa shape index (κ1) is 19.2. The van der Waals surface area contributed by atoms with Crippen molar-refractivity contribution in [2.75, 3.05) is 44.2 Å². The normalized spacial score (nSPS) is 18.4. The third-order valence-electron chi connectivity index (χ3n) is 5.78. The number of aromatic nitrogens is 1. The molecule has 1 aromatic heterocycles. The molecule has 0 unspecified atom stereocenters. The van der Waals surface area contributed by atoms with Gasteiger partial charge in [0.1, 0.15) is 0 Å². The Hall–Kier alpha value is -2.11. The van der Waals surface area contributed by atoms with Crippen molar-refractivity contribution in [3.63, 3.8) is 0 Å². The van der Waals surface area contributed by atoms with Crippen LogP contribution in [0.4, 0.5) is 5.69 Å². The average molecular weight is 399 g/mol. The molecule has 0 bridgehead atoms. The second-order valence-electron chi connectivity index (χ2n) is 7.72. The number of benzene rings is 1. The maximum atomic E-state index is 12.8. The zero-order valence-electron chi connectivity index (χ0n) is 16.3. The van der Waals surface area contributed by atoms with Crippen molar-refractivity contribution >= 4 is 23.2 Å².